The molecule has 0 saturated heterocycles. The number of hydrogen-bond acceptors (Lipinski definition) is 6. The molecule has 1 heterocycles. The Morgan fingerprint density at radius 3 is 2.20 bits per heavy atom. The van der Waals surface area contributed by atoms with Gasteiger partial charge in [-0.2, -0.15) is 0 Å². The lowest BCUT2D eigenvalue weighted by Gasteiger charge is -2.20. The number of ether oxygens (including phenoxy) is 2. The molecule has 3 N–H and O–H groups in total. The van der Waals surface area contributed by atoms with Crippen LogP contribution in [-0.2, 0) is 17.9 Å². The minimum atomic E-state index is -0.0615. The number of allylic oxidation sites excluding steroid dienone is 1. The van der Waals surface area contributed by atoms with E-state index < -0.39 is 0 Å². The summed E-state index contributed by atoms with van der Waals surface area (Å²) >= 11 is 0. The third-order valence-corrected chi connectivity index (χ3v) is 9.03. The first-order chi connectivity index (χ1) is 23.5. The van der Waals surface area contributed by atoms with Gasteiger partial charge in [0, 0.05) is 22.7 Å². The molecule has 9 heteroatoms. The Hall–Kier alpha value is -4.40. The molecule has 1 aliphatic rings. The molecular formula is C40H48ClN5O3. The molecule has 6 rings (SSSR count). The van der Waals surface area contributed by atoms with Gasteiger partial charge in [0.15, 0.2) is 0 Å². The van der Waals surface area contributed by atoms with Crippen molar-refractivity contribution in [2.45, 2.75) is 78.0 Å². The minimum Gasteiger partial charge on any atom is -0.493 e. The highest BCUT2D eigenvalue weighted by atomic mass is 35.5. The lowest BCUT2D eigenvalue weighted by atomic mass is 9.92. The van der Waals surface area contributed by atoms with Crippen molar-refractivity contribution in [1.29, 1.82) is 0 Å². The fourth-order valence-corrected chi connectivity index (χ4v) is 6.43. The molecular weight excluding hydrogens is 634 g/mol. The van der Waals surface area contributed by atoms with Gasteiger partial charge in [-0.3, -0.25) is 9.48 Å². The predicted octanol–water partition coefficient (Wildman–Crippen LogP) is 8.40. The SMILES string of the molecule is CC(C)CCOc1ccc2ccccc2c1-c1c(OCc2cn(C[C@@H](CCCCN)NC(=O)C3=CCCC3)nn2)ccc2ccccc12.Cl. The highest BCUT2D eigenvalue weighted by Crippen LogP contribution is 2.45. The normalized spacial score (nSPS) is 13.3. The molecule has 258 valence electrons. The Bertz CT molecular complexity index is 1880. The topological polar surface area (TPSA) is 104 Å². The Balaban J connectivity index is 0.00000468. The van der Waals surface area contributed by atoms with Crippen molar-refractivity contribution in [3.63, 3.8) is 0 Å². The number of unbranched alkanes of at least 4 members (excludes halogenated alkanes) is 1. The van der Waals surface area contributed by atoms with Crippen molar-refractivity contribution in [3.05, 3.63) is 96.3 Å². The third-order valence-electron chi connectivity index (χ3n) is 9.03. The van der Waals surface area contributed by atoms with Gasteiger partial charge in [0.1, 0.15) is 23.8 Å². The van der Waals surface area contributed by atoms with E-state index in [0.29, 0.717) is 31.3 Å². The molecule has 0 unspecified atom stereocenters. The number of aromatic nitrogens is 3. The summed E-state index contributed by atoms with van der Waals surface area (Å²) in [4.78, 5) is 12.9. The molecule has 0 spiro atoms. The first-order valence-electron chi connectivity index (χ1n) is 17.4. The molecule has 49 heavy (non-hydrogen) atoms. The van der Waals surface area contributed by atoms with Crippen LogP contribution >= 0.6 is 12.4 Å². The van der Waals surface area contributed by atoms with Gasteiger partial charge in [-0.05, 0) is 84.7 Å². The maximum atomic E-state index is 12.9. The van der Waals surface area contributed by atoms with Crippen LogP contribution < -0.4 is 20.5 Å². The van der Waals surface area contributed by atoms with Crippen molar-refractivity contribution in [3.8, 4) is 22.6 Å². The van der Waals surface area contributed by atoms with Crippen LogP contribution in [0.25, 0.3) is 32.7 Å². The van der Waals surface area contributed by atoms with Gasteiger partial charge >= 0.3 is 0 Å². The van der Waals surface area contributed by atoms with E-state index in [-0.39, 0.29) is 31.0 Å². The molecule has 0 bridgehead atoms. The van der Waals surface area contributed by atoms with Crippen LogP contribution in [0.2, 0.25) is 0 Å². The smallest absolute Gasteiger partial charge is 0.247 e. The molecule has 0 saturated carbocycles. The lowest BCUT2D eigenvalue weighted by molar-refractivity contribution is -0.118. The summed E-state index contributed by atoms with van der Waals surface area (Å²) in [5.41, 5.74) is 9.38. The quantitative estimate of drug-likeness (QED) is 0.101. The van der Waals surface area contributed by atoms with E-state index in [0.717, 1.165) is 94.7 Å². The molecule has 4 aromatic carbocycles. The van der Waals surface area contributed by atoms with Gasteiger partial charge in [-0.15, -0.1) is 17.5 Å². The Morgan fingerprint density at radius 2 is 1.57 bits per heavy atom. The largest absolute Gasteiger partial charge is 0.493 e. The van der Waals surface area contributed by atoms with Crippen molar-refractivity contribution in [1.82, 2.24) is 20.3 Å². The predicted molar refractivity (Wildman–Crippen MR) is 200 cm³/mol. The zero-order valence-electron chi connectivity index (χ0n) is 28.6. The van der Waals surface area contributed by atoms with E-state index in [1.54, 1.807) is 0 Å². The highest BCUT2D eigenvalue weighted by Gasteiger charge is 2.21. The van der Waals surface area contributed by atoms with Gasteiger partial charge in [-0.25, -0.2) is 0 Å². The number of nitrogens with two attached hydrogens (primary N) is 1. The Morgan fingerprint density at radius 1 is 0.898 bits per heavy atom. The van der Waals surface area contributed by atoms with E-state index in [9.17, 15) is 4.79 Å². The van der Waals surface area contributed by atoms with Gasteiger partial charge in [-0.1, -0.05) is 92.2 Å². The number of carbonyl (C=O) groups is 1. The maximum Gasteiger partial charge on any atom is 0.247 e. The van der Waals surface area contributed by atoms with Crippen molar-refractivity contribution in [2.75, 3.05) is 13.2 Å². The van der Waals surface area contributed by atoms with Crippen LogP contribution in [0.1, 0.15) is 64.5 Å². The summed E-state index contributed by atoms with van der Waals surface area (Å²) < 4.78 is 14.9. The monoisotopic (exact) mass is 681 g/mol. The maximum absolute atomic E-state index is 12.9. The highest BCUT2D eigenvalue weighted by molar-refractivity contribution is 6.09. The molecule has 1 amide bonds. The number of nitrogens with zero attached hydrogens (tertiary/aromatic N) is 3. The Labute approximate surface area is 295 Å². The van der Waals surface area contributed by atoms with Gasteiger partial charge in [0.2, 0.25) is 5.91 Å². The fourth-order valence-electron chi connectivity index (χ4n) is 6.43. The number of hydrogen-bond donors (Lipinski definition) is 2. The van der Waals surface area contributed by atoms with Crippen molar-refractivity contribution >= 4 is 39.9 Å². The van der Waals surface area contributed by atoms with Gasteiger partial charge in [0.25, 0.3) is 0 Å². The molecule has 1 atom stereocenters. The van der Waals surface area contributed by atoms with E-state index in [4.69, 9.17) is 15.2 Å². The number of halogens is 1. The molecule has 1 aromatic heterocycles. The third kappa shape index (κ3) is 8.99. The van der Waals surface area contributed by atoms with Crippen LogP contribution in [0.4, 0.5) is 0 Å². The summed E-state index contributed by atoms with van der Waals surface area (Å²) in [7, 11) is 0. The average molecular weight is 682 g/mol. The van der Waals surface area contributed by atoms with Crippen LogP contribution in [0, 0.1) is 5.92 Å². The summed E-state index contributed by atoms with van der Waals surface area (Å²) in [6.45, 7) is 6.48. The standard InChI is InChI=1S/C40H47N5O3.ClH/c1-28(2)22-24-47-36-20-18-29-11-5-7-16-34(29)38(36)39-35-17-8-6-12-30(35)19-21-37(39)48-27-33-26-45(44-43-33)25-32(15-9-10-23-41)42-40(46)31-13-3-4-14-31;/h5-8,11-13,16-21,26,28,32H,3-4,9-10,14-15,22-25,27,41H2,1-2H3,(H,42,46);1H/t32-;/m1./s1. The molecule has 5 aromatic rings. The summed E-state index contributed by atoms with van der Waals surface area (Å²) in [6, 6.07) is 25.1. The lowest BCUT2D eigenvalue weighted by Crippen LogP contribution is -2.38. The summed E-state index contributed by atoms with van der Waals surface area (Å²) in [5, 5.41) is 16.6. The van der Waals surface area contributed by atoms with Crippen LogP contribution in [0.3, 0.4) is 0 Å². The van der Waals surface area contributed by atoms with Gasteiger partial charge < -0.3 is 20.5 Å². The number of rotatable bonds is 16. The van der Waals surface area contributed by atoms with Crippen LogP contribution in [-0.4, -0.2) is 40.1 Å². The Kier molecular flexibility index (Phi) is 12.7. The van der Waals surface area contributed by atoms with Crippen molar-refractivity contribution < 1.29 is 14.3 Å². The number of nitrogens with one attached hydrogen (secondary N) is 1. The van der Waals surface area contributed by atoms with Gasteiger partial charge in [0.05, 0.1) is 19.3 Å². The number of benzene rings is 4. The molecule has 0 aliphatic heterocycles. The second-order valence-electron chi connectivity index (χ2n) is 13.1. The number of amides is 1. The average Bonchev–Trinajstić information content (AvgIpc) is 3.80. The second-order valence-corrected chi connectivity index (χ2v) is 13.1. The summed E-state index contributed by atoms with van der Waals surface area (Å²) in [6.07, 6.45) is 10.5. The zero-order chi connectivity index (χ0) is 33.3. The van der Waals surface area contributed by atoms with Crippen LogP contribution in [0.15, 0.2) is 90.6 Å². The minimum absolute atomic E-state index is 0. The molecule has 0 radical (unpaired) electrons. The molecule has 8 nitrogen and oxygen atoms in total. The zero-order valence-corrected chi connectivity index (χ0v) is 29.4. The van der Waals surface area contributed by atoms with Crippen LogP contribution in [0.5, 0.6) is 11.5 Å². The van der Waals surface area contributed by atoms with E-state index in [1.165, 1.54) is 0 Å². The number of fused-ring (bicyclic) bond motifs is 2. The summed E-state index contributed by atoms with van der Waals surface area (Å²) in [5.74, 6) is 2.17. The molecule has 1 aliphatic carbocycles. The van der Waals surface area contributed by atoms with Crippen molar-refractivity contribution in [2.24, 2.45) is 11.7 Å². The van der Waals surface area contributed by atoms with E-state index in [1.807, 2.05) is 16.9 Å². The first kappa shape index (κ1) is 35.9. The van der Waals surface area contributed by atoms with E-state index in [2.05, 4.69) is 102 Å². The number of carbonyl (C=O) groups excluding carboxylic acids is 1. The second kappa shape index (κ2) is 17.3. The fraction of sp³-hybridized carbons (Fsp3) is 0.375. The first-order valence-corrected chi connectivity index (χ1v) is 17.4. The molecule has 0 fully saturated rings. The van der Waals surface area contributed by atoms with E-state index >= 15 is 0 Å².